The Hall–Kier alpha value is -0.870. The molecule has 0 spiro atoms. The Labute approximate surface area is 100 Å². The second-order valence-electron chi connectivity index (χ2n) is 3.82. The van der Waals surface area contributed by atoms with Crippen molar-refractivity contribution in [3.63, 3.8) is 0 Å². The van der Waals surface area contributed by atoms with Crippen LogP contribution in [0.5, 0.6) is 5.75 Å². The van der Waals surface area contributed by atoms with Gasteiger partial charge in [-0.2, -0.15) is 0 Å². The molecule has 0 heterocycles. The Morgan fingerprint density at radius 1 is 1.19 bits per heavy atom. The molecule has 0 fully saturated rings. The highest BCUT2D eigenvalue weighted by molar-refractivity contribution is 5.85. The molecule has 2 nitrogen and oxygen atoms in total. The number of hydrogen-bond donors (Lipinski definition) is 1. The van der Waals surface area contributed by atoms with Crippen molar-refractivity contribution in [3.8, 4) is 5.75 Å². The minimum absolute atomic E-state index is 0. The van der Waals surface area contributed by atoms with Crippen molar-refractivity contribution >= 4 is 12.4 Å². The van der Waals surface area contributed by atoms with E-state index in [1.165, 1.54) is 0 Å². The van der Waals surface area contributed by atoms with E-state index in [2.05, 4.69) is 0 Å². The van der Waals surface area contributed by atoms with Crippen LogP contribution in [-0.4, -0.2) is 12.6 Å². The highest BCUT2D eigenvalue weighted by atomic mass is 35.5. The van der Waals surface area contributed by atoms with Crippen LogP contribution in [0, 0.1) is 17.6 Å². The van der Waals surface area contributed by atoms with Crippen LogP contribution in [-0.2, 0) is 0 Å². The Morgan fingerprint density at radius 3 is 2.12 bits per heavy atom. The molecule has 0 bridgehead atoms. The third-order valence-electron chi connectivity index (χ3n) is 2.13. The molecular formula is C11H16ClF2NO. The zero-order valence-corrected chi connectivity index (χ0v) is 10.1. The van der Waals surface area contributed by atoms with E-state index < -0.39 is 11.6 Å². The lowest BCUT2D eigenvalue weighted by Gasteiger charge is -2.16. The van der Waals surface area contributed by atoms with Gasteiger partial charge in [-0.3, -0.25) is 0 Å². The molecule has 0 amide bonds. The Morgan fingerprint density at radius 2 is 1.69 bits per heavy atom. The lowest BCUT2D eigenvalue weighted by molar-refractivity contribution is 0.257. The van der Waals surface area contributed by atoms with Crippen LogP contribution in [0.25, 0.3) is 0 Å². The first-order valence-electron chi connectivity index (χ1n) is 4.83. The normalized spacial score (nSPS) is 12.1. The topological polar surface area (TPSA) is 35.2 Å². The van der Waals surface area contributed by atoms with Gasteiger partial charge in [-0.15, -0.1) is 12.4 Å². The Balaban J connectivity index is 0.00000225. The maximum absolute atomic E-state index is 12.8. The van der Waals surface area contributed by atoms with Gasteiger partial charge in [-0.1, -0.05) is 13.8 Å². The number of nitrogens with two attached hydrogens (primary N) is 1. The number of ether oxygens (including phenoxy) is 1. The average Bonchev–Trinajstić information content (AvgIpc) is 2.12. The summed E-state index contributed by atoms with van der Waals surface area (Å²) in [5.41, 5.74) is 5.73. The van der Waals surface area contributed by atoms with Crippen LogP contribution in [0.1, 0.15) is 13.8 Å². The predicted octanol–water partition coefficient (Wildman–Crippen LogP) is 2.75. The first-order valence-corrected chi connectivity index (χ1v) is 4.83. The molecule has 2 N–H and O–H groups in total. The summed E-state index contributed by atoms with van der Waals surface area (Å²) in [5.74, 6) is -0.863. The summed E-state index contributed by atoms with van der Waals surface area (Å²) >= 11 is 0. The molecule has 0 saturated carbocycles. The van der Waals surface area contributed by atoms with Crippen molar-refractivity contribution in [1.82, 2.24) is 0 Å². The van der Waals surface area contributed by atoms with E-state index in [9.17, 15) is 8.78 Å². The molecule has 0 aliphatic rings. The van der Waals surface area contributed by atoms with Gasteiger partial charge in [0.15, 0.2) is 0 Å². The van der Waals surface area contributed by atoms with Gasteiger partial charge in [0, 0.05) is 24.2 Å². The largest absolute Gasteiger partial charge is 0.492 e. The standard InChI is InChI=1S/C11H15F2NO.ClH/c1-7(2)11(14)6-15-10-4-8(12)3-9(13)5-10;/h3-5,7,11H,6,14H2,1-2H3;1H. The molecule has 5 heteroatoms. The van der Waals surface area contributed by atoms with E-state index in [1.807, 2.05) is 13.8 Å². The lowest BCUT2D eigenvalue weighted by Crippen LogP contribution is -2.33. The minimum Gasteiger partial charge on any atom is -0.492 e. The van der Waals surface area contributed by atoms with Crippen molar-refractivity contribution in [2.75, 3.05) is 6.61 Å². The van der Waals surface area contributed by atoms with Crippen molar-refractivity contribution < 1.29 is 13.5 Å². The summed E-state index contributed by atoms with van der Waals surface area (Å²) in [6.07, 6.45) is 0. The van der Waals surface area contributed by atoms with Crippen LogP contribution in [0.4, 0.5) is 8.78 Å². The molecular weight excluding hydrogens is 236 g/mol. The van der Waals surface area contributed by atoms with Crippen molar-refractivity contribution in [2.24, 2.45) is 11.7 Å². The quantitative estimate of drug-likeness (QED) is 0.893. The maximum atomic E-state index is 12.8. The summed E-state index contributed by atoms with van der Waals surface area (Å²) < 4.78 is 30.7. The molecule has 0 saturated heterocycles. The smallest absolute Gasteiger partial charge is 0.129 e. The van der Waals surface area contributed by atoms with E-state index in [-0.39, 0.29) is 36.7 Å². The SMILES string of the molecule is CC(C)C(N)COc1cc(F)cc(F)c1.Cl. The van der Waals surface area contributed by atoms with E-state index in [4.69, 9.17) is 10.5 Å². The van der Waals surface area contributed by atoms with Gasteiger partial charge in [0.2, 0.25) is 0 Å². The second kappa shape index (κ2) is 6.66. The van der Waals surface area contributed by atoms with Crippen LogP contribution in [0.15, 0.2) is 18.2 Å². The molecule has 1 rings (SSSR count). The highest BCUT2D eigenvalue weighted by Crippen LogP contribution is 2.15. The fourth-order valence-electron chi connectivity index (χ4n) is 0.997. The van der Waals surface area contributed by atoms with Crippen molar-refractivity contribution in [2.45, 2.75) is 19.9 Å². The zero-order chi connectivity index (χ0) is 11.4. The van der Waals surface area contributed by atoms with Crippen LogP contribution < -0.4 is 10.5 Å². The lowest BCUT2D eigenvalue weighted by atomic mass is 10.1. The fourth-order valence-corrected chi connectivity index (χ4v) is 0.997. The summed E-state index contributed by atoms with van der Waals surface area (Å²) in [7, 11) is 0. The fraction of sp³-hybridized carbons (Fsp3) is 0.455. The molecule has 1 atom stereocenters. The first kappa shape index (κ1) is 15.1. The number of rotatable bonds is 4. The molecule has 0 aliphatic heterocycles. The van der Waals surface area contributed by atoms with E-state index in [1.54, 1.807) is 0 Å². The molecule has 0 aromatic heterocycles. The molecule has 0 radical (unpaired) electrons. The van der Waals surface area contributed by atoms with Gasteiger partial charge in [-0.25, -0.2) is 8.78 Å². The third-order valence-corrected chi connectivity index (χ3v) is 2.13. The highest BCUT2D eigenvalue weighted by Gasteiger charge is 2.09. The van der Waals surface area contributed by atoms with Crippen LogP contribution >= 0.6 is 12.4 Å². The van der Waals surface area contributed by atoms with Gasteiger partial charge in [0.1, 0.15) is 24.0 Å². The summed E-state index contributed by atoms with van der Waals surface area (Å²) in [6, 6.07) is 2.93. The summed E-state index contributed by atoms with van der Waals surface area (Å²) in [5, 5.41) is 0. The van der Waals surface area contributed by atoms with E-state index in [0.29, 0.717) is 0 Å². The van der Waals surface area contributed by atoms with Gasteiger partial charge < -0.3 is 10.5 Å². The van der Waals surface area contributed by atoms with Crippen LogP contribution in [0.2, 0.25) is 0 Å². The van der Waals surface area contributed by atoms with Crippen molar-refractivity contribution in [3.05, 3.63) is 29.8 Å². The van der Waals surface area contributed by atoms with Gasteiger partial charge >= 0.3 is 0 Å². The molecule has 0 aliphatic carbocycles. The third kappa shape index (κ3) is 4.77. The molecule has 1 unspecified atom stereocenters. The van der Waals surface area contributed by atoms with E-state index >= 15 is 0 Å². The molecule has 16 heavy (non-hydrogen) atoms. The monoisotopic (exact) mass is 251 g/mol. The molecule has 1 aromatic carbocycles. The number of benzene rings is 1. The van der Waals surface area contributed by atoms with Gasteiger partial charge in [0.05, 0.1) is 0 Å². The summed E-state index contributed by atoms with van der Waals surface area (Å²) in [4.78, 5) is 0. The van der Waals surface area contributed by atoms with Gasteiger partial charge in [-0.05, 0) is 5.92 Å². The minimum atomic E-state index is -0.650. The summed E-state index contributed by atoms with van der Waals surface area (Å²) in [6.45, 7) is 4.17. The number of halogens is 3. The predicted molar refractivity (Wildman–Crippen MR) is 61.9 cm³/mol. The second-order valence-corrected chi connectivity index (χ2v) is 3.82. The molecule has 1 aromatic rings. The molecule has 92 valence electrons. The van der Waals surface area contributed by atoms with E-state index in [0.717, 1.165) is 18.2 Å². The Kier molecular flexibility index (Phi) is 6.29. The maximum Gasteiger partial charge on any atom is 0.129 e. The zero-order valence-electron chi connectivity index (χ0n) is 9.24. The first-order chi connectivity index (χ1) is 6.99. The van der Waals surface area contributed by atoms with Gasteiger partial charge in [0.25, 0.3) is 0 Å². The Bertz CT molecular complexity index is 314. The van der Waals surface area contributed by atoms with Crippen molar-refractivity contribution in [1.29, 1.82) is 0 Å². The average molecular weight is 252 g/mol. The van der Waals surface area contributed by atoms with Crippen LogP contribution in [0.3, 0.4) is 0 Å². The number of hydrogen-bond acceptors (Lipinski definition) is 2.